The summed E-state index contributed by atoms with van der Waals surface area (Å²) in [5.41, 5.74) is 3.49. The molecule has 0 amide bonds. The van der Waals surface area contributed by atoms with Crippen LogP contribution in [0.25, 0.3) is 11.1 Å². The Kier molecular flexibility index (Phi) is 4.73. The largest absolute Gasteiger partial charge is 0.493 e. The Morgan fingerprint density at radius 1 is 0.762 bits per heavy atom. The molecule has 0 bridgehead atoms. The van der Waals surface area contributed by atoms with E-state index in [9.17, 15) is 0 Å². The van der Waals surface area contributed by atoms with Crippen LogP contribution in [0.1, 0.15) is 25.3 Å². The van der Waals surface area contributed by atoms with Crippen LogP contribution in [0.4, 0.5) is 0 Å². The molecule has 0 aliphatic carbocycles. The first-order valence-electron chi connectivity index (χ1n) is 7.01. The van der Waals surface area contributed by atoms with Gasteiger partial charge >= 0.3 is 0 Å². The van der Waals surface area contributed by atoms with Crippen LogP contribution >= 0.6 is 0 Å². The Balaban J connectivity index is 2.56. The third-order valence-corrected chi connectivity index (χ3v) is 3.55. The lowest BCUT2D eigenvalue weighted by molar-refractivity contribution is 0.324. The van der Waals surface area contributed by atoms with Gasteiger partial charge < -0.3 is 14.2 Å². The summed E-state index contributed by atoms with van der Waals surface area (Å²) in [5.74, 6) is 2.44. The molecule has 0 saturated carbocycles. The van der Waals surface area contributed by atoms with E-state index >= 15 is 0 Å². The van der Waals surface area contributed by atoms with Gasteiger partial charge in [0.15, 0.2) is 11.5 Å². The van der Waals surface area contributed by atoms with Gasteiger partial charge in [-0.15, -0.1) is 0 Å². The monoisotopic (exact) mass is 286 g/mol. The van der Waals surface area contributed by atoms with Gasteiger partial charge in [0.2, 0.25) is 5.75 Å². The van der Waals surface area contributed by atoms with Gasteiger partial charge in [-0.25, -0.2) is 0 Å². The van der Waals surface area contributed by atoms with Gasteiger partial charge in [0.1, 0.15) is 0 Å². The zero-order chi connectivity index (χ0) is 15.4. The molecule has 3 heteroatoms. The lowest BCUT2D eigenvalue weighted by Gasteiger charge is -2.15. The molecular weight excluding hydrogens is 264 g/mol. The Morgan fingerprint density at radius 2 is 1.38 bits per heavy atom. The highest BCUT2D eigenvalue weighted by atomic mass is 16.5. The second-order valence-electron chi connectivity index (χ2n) is 5.19. The van der Waals surface area contributed by atoms with E-state index in [0.29, 0.717) is 23.2 Å². The van der Waals surface area contributed by atoms with Gasteiger partial charge in [0.05, 0.1) is 21.3 Å². The van der Waals surface area contributed by atoms with Crippen molar-refractivity contribution in [2.45, 2.75) is 19.8 Å². The molecule has 0 fully saturated rings. The molecule has 2 rings (SSSR count). The molecule has 3 nitrogen and oxygen atoms in total. The molecule has 21 heavy (non-hydrogen) atoms. The van der Waals surface area contributed by atoms with E-state index in [1.807, 2.05) is 12.1 Å². The van der Waals surface area contributed by atoms with Gasteiger partial charge in [0, 0.05) is 0 Å². The molecule has 112 valence electrons. The SMILES string of the molecule is COc1cc(-c2cccc(C(C)C)c2)cc(OC)c1OC. The van der Waals surface area contributed by atoms with Crippen molar-refractivity contribution in [1.82, 2.24) is 0 Å². The maximum absolute atomic E-state index is 5.41. The molecule has 0 aromatic heterocycles. The van der Waals surface area contributed by atoms with Crippen LogP contribution in [-0.4, -0.2) is 21.3 Å². The summed E-state index contributed by atoms with van der Waals surface area (Å²) in [4.78, 5) is 0. The molecule has 0 unspecified atom stereocenters. The second kappa shape index (κ2) is 6.53. The summed E-state index contributed by atoms with van der Waals surface area (Å²) in [7, 11) is 4.87. The highest BCUT2D eigenvalue weighted by Gasteiger charge is 2.14. The summed E-state index contributed by atoms with van der Waals surface area (Å²) in [6.07, 6.45) is 0. The minimum Gasteiger partial charge on any atom is -0.493 e. The fraction of sp³-hybridized carbons (Fsp3) is 0.333. The number of hydrogen-bond acceptors (Lipinski definition) is 3. The van der Waals surface area contributed by atoms with Crippen LogP contribution in [0.5, 0.6) is 17.2 Å². The zero-order valence-electron chi connectivity index (χ0n) is 13.3. The molecule has 0 aliphatic heterocycles. The first-order chi connectivity index (χ1) is 10.1. The van der Waals surface area contributed by atoms with Gasteiger partial charge in [0.25, 0.3) is 0 Å². The smallest absolute Gasteiger partial charge is 0.203 e. The van der Waals surface area contributed by atoms with Crippen molar-refractivity contribution in [2.75, 3.05) is 21.3 Å². The van der Waals surface area contributed by atoms with Crippen LogP contribution in [0, 0.1) is 0 Å². The average molecular weight is 286 g/mol. The summed E-state index contributed by atoms with van der Waals surface area (Å²) in [6.45, 7) is 4.38. The van der Waals surface area contributed by atoms with Crippen LogP contribution < -0.4 is 14.2 Å². The predicted molar refractivity (Wildman–Crippen MR) is 85.6 cm³/mol. The van der Waals surface area contributed by atoms with Crippen LogP contribution in [-0.2, 0) is 0 Å². The topological polar surface area (TPSA) is 27.7 Å². The van der Waals surface area contributed by atoms with Gasteiger partial charge in [-0.1, -0.05) is 38.1 Å². The minimum atomic E-state index is 0.493. The summed E-state index contributed by atoms with van der Waals surface area (Å²) in [6, 6.07) is 12.5. The number of ether oxygens (including phenoxy) is 3. The molecule has 0 spiro atoms. The maximum atomic E-state index is 5.41. The molecule has 0 radical (unpaired) electrons. The van der Waals surface area contributed by atoms with Crippen molar-refractivity contribution >= 4 is 0 Å². The zero-order valence-corrected chi connectivity index (χ0v) is 13.3. The first-order valence-corrected chi connectivity index (χ1v) is 7.01. The van der Waals surface area contributed by atoms with Gasteiger partial charge in [-0.3, -0.25) is 0 Å². The fourth-order valence-corrected chi connectivity index (χ4v) is 2.33. The Hall–Kier alpha value is -2.16. The third-order valence-electron chi connectivity index (χ3n) is 3.55. The first kappa shape index (κ1) is 15.2. The normalized spacial score (nSPS) is 10.6. The number of methoxy groups -OCH3 is 3. The molecule has 0 heterocycles. The van der Waals surface area contributed by atoms with E-state index < -0.39 is 0 Å². The minimum absolute atomic E-state index is 0.493. The van der Waals surface area contributed by atoms with Crippen molar-refractivity contribution in [3.8, 4) is 28.4 Å². The fourth-order valence-electron chi connectivity index (χ4n) is 2.33. The lowest BCUT2D eigenvalue weighted by Crippen LogP contribution is -1.96. The molecule has 0 saturated heterocycles. The van der Waals surface area contributed by atoms with Gasteiger partial charge in [-0.05, 0) is 34.7 Å². The number of hydrogen-bond donors (Lipinski definition) is 0. The van der Waals surface area contributed by atoms with E-state index in [1.54, 1.807) is 21.3 Å². The van der Waals surface area contributed by atoms with Crippen molar-refractivity contribution < 1.29 is 14.2 Å². The van der Waals surface area contributed by atoms with E-state index in [-0.39, 0.29) is 0 Å². The van der Waals surface area contributed by atoms with Crippen molar-refractivity contribution in [1.29, 1.82) is 0 Å². The Bertz CT molecular complexity index is 593. The van der Waals surface area contributed by atoms with Crippen molar-refractivity contribution in [3.05, 3.63) is 42.0 Å². The van der Waals surface area contributed by atoms with Crippen molar-refractivity contribution in [2.24, 2.45) is 0 Å². The highest BCUT2D eigenvalue weighted by molar-refractivity contribution is 5.71. The van der Waals surface area contributed by atoms with Crippen LogP contribution in [0.15, 0.2) is 36.4 Å². The van der Waals surface area contributed by atoms with E-state index in [1.165, 1.54) is 5.56 Å². The van der Waals surface area contributed by atoms with E-state index in [0.717, 1.165) is 11.1 Å². The quantitative estimate of drug-likeness (QED) is 0.809. The molecule has 2 aromatic rings. The molecular formula is C18H22O3. The summed E-state index contributed by atoms with van der Waals surface area (Å²) in [5, 5.41) is 0. The summed E-state index contributed by atoms with van der Waals surface area (Å²) >= 11 is 0. The molecule has 2 aromatic carbocycles. The van der Waals surface area contributed by atoms with E-state index in [4.69, 9.17) is 14.2 Å². The second-order valence-corrected chi connectivity index (χ2v) is 5.19. The highest BCUT2D eigenvalue weighted by Crippen LogP contribution is 2.41. The maximum Gasteiger partial charge on any atom is 0.203 e. The molecule has 0 N–H and O–H groups in total. The number of rotatable bonds is 5. The van der Waals surface area contributed by atoms with Crippen LogP contribution in [0.2, 0.25) is 0 Å². The number of benzene rings is 2. The molecule has 0 aliphatic rings. The Morgan fingerprint density at radius 3 is 1.86 bits per heavy atom. The Labute approximate surface area is 126 Å². The standard InChI is InChI=1S/C18H22O3/c1-12(2)13-7-6-8-14(9-13)15-10-16(19-3)18(21-5)17(11-15)20-4/h6-12H,1-5H3. The van der Waals surface area contributed by atoms with Crippen molar-refractivity contribution in [3.63, 3.8) is 0 Å². The van der Waals surface area contributed by atoms with E-state index in [2.05, 4.69) is 38.1 Å². The summed E-state index contributed by atoms with van der Waals surface area (Å²) < 4.78 is 16.2. The predicted octanol–water partition coefficient (Wildman–Crippen LogP) is 4.50. The van der Waals surface area contributed by atoms with Gasteiger partial charge in [-0.2, -0.15) is 0 Å². The van der Waals surface area contributed by atoms with Crippen LogP contribution in [0.3, 0.4) is 0 Å². The lowest BCUT2D eigenvalue weighted by atomic mass is 9.97. The average Bonchev–Trinajstić information content (AvgIpc) is 2.53. The molecule has 0 atom stereocenters. The third kappa shape index (κ3) is 3.13.